The lowest BCUT2D eigenvalue weighted by atomic mass is 9.75. The molecule has 0 spiro atoms. The van der Waals surface area contributed by atoms with Crippen LogP contribution in [0.25, 0.3) is 0 Å². The Kier molecular flexibility index (Phi) is 4.06. The van der Waals surface area contributed by atoms with Crippen LogP contribution in [0.3, 0.4) is 0 Å². The second-order valence-corrected chi connectivity index (χ2v) is 5.63. The van der Waals surface area contributed by atoms with E-state index in [2.05, 4.69) is 10.5 Å². The lowest BCUT2D eigenvalue weighted by molar-refractivity contribution is -0.216. The Morgan fingerprint density at radius 1 is 1.52 bits per heavy atom. The Labute approximate surface area is 121 Å². The number of alkyl halides is 2. The molecule has 0 aliphatic heterocycles. The van der Waals surface area contributed by atoms with Crippen molar-refractivity contribution >= 4 is 5.91 Å². The van der Waals surface area contributed by atoms with Crippen molar-refractivity contribution in [3.63, 3.8) is 0 Å². The van der Waals surface area contributed by atoms with Crippen LogP contribution < -0.4 is 5.32 Å². The Hall–Kier alpha value is -1.50. The molecule has 1 unspecified atom stereocenters. The number of nitrogens with zero attached hydrogens (tertiary/aromatic N) is 1. The normalized spacial score (nSPS) is 19.0. The van der Waals surface area contributed by atoms with E-state index in [-0.39, 0.29) is 12.8 Å². The van der Waals surface area contributed by atoms with Crippen molar-refractivity contribution in [3.8, 4) is 0 Å². The van der Waals surface area contributed by atoms with E-state index in [0.29, 0.717) is 29.9 Å². The van der Waals surface area contributed by atoms with Crippen molar-refractivity contribution in [1.82, 2.24) is 10.5 Å². The van der Waals surface area contributed by atoms with Gasteiger partial charge in [0.05, 0.1) is 11.7 Å². The third-order valence-corrected chi connectivity index (χ3v) is 4.20. The number of aliphatic hydroxyl groups is 1. The van der Waals surface area contributed by atoms with Crippen molar-refractivity contribution in [1.29, 1.82) is 0 Å². The molecule has 0 saturated heterocycles. The maximum Gasteiger partial charge on any atom is 0.352 e. The van der Waals surface area contributed by atoms with Crippen LogP contribution in [0, 0.1) is 13.8 Å². The molecule has 1 aliphatic rings. The first-order chi connectivity index (χ1) is 9.73. The molecule has 0 bridgehead atoms. The second-order valence-electron chi connectivity index (χ2n) is 5.63. The molecule has 2 rings (SSSR count). The first-order valence-corrected chi connectivity index (χ1v) is 7.07. The van der Waals surface area contributed by atoms with Gasteiger partial charge in [-0.25, -0.2) is 0 Å². The lowest BCUT2D eigenvalue weighted by Crippen LogP contribution is -2.61. The van der Waals surface area contributed by atoms with Gasteiger partial charge in [0.2, 0.25) is 0 Å². The van der Waals surface area contributed by atoms with E-state index in [9.17, 15) is 18.7 Å². The van der Waals surface area contributed by atoms with Crippen molar-refractivity contribution in [2.75, 3.05) is 0 Å². The minimum Gasteiger partial charge on any atom is -0.383 e. The smallest absolute Gasteiger partial charge is 0.352 e. The number of nitrogens with one attached hydrogen (secondary N) is 1. The zero-order valence-electron chi connectivity index (χ0n) is 12.4. The number of hydrogen-bond acceptors (Lipinski definition) is 4. The molecule has 1 aromatic rings. The van der Waals surface area contributed by atoms with Gasteiger partial charge in [-0.3, -0.25) is 4.79 Å². The van der Waals surface area contributed by atoms with Gasteiger partial charge in [-0.05, 0) is 39.5 Å². The van der Waals surface area contributed by atoms with E-state index < -0.39 is 23.5 Å². The summed E-state index contributed by atoms with van der Waals surface area (Å²) >= 11 is 0. The molecule has 1 atom stereocenters. The minimum absolute atomic E-state index is 0.0600. The van der Waals surface area contributed by atoms with Crippen molar-refractivity contribution in [2.45, 2.75) is 64.0 Å². The number of amides is 1. The molecule has 1 aromatic heterocycles. The third kappa shape index (κ3) is 2.54. The minimum atomic E-state index is -3.79. The van der Waals surface area contributed by atoms with E-state index in [1.807, 2.05) is 0 Å². The molecule has 2 N–H and O–H groups in total. The predicted molar refractivity (Wildman–Crippen MR) is 70.9 cm³/mol. The number of carbonyl (C=O) groups excluding carboxylic acids is 1. The topological polar surface area (TPSA) is 75.4 Å². The van der Waals surface area contributed by atoms with Gasteiger partial charge >= 0.3 is 5.92 Å². The first-order valence-electron chi connectivity index (χ1n) is 7.07. The van der Waals surface area contributed by atoms with Crippen LogP contribution in [0.15, 0.2) is 4.52 Å². The molecule has 1 fully saturated rings. The summed E-state index contributed by atoms with van der Waals surface area (Å²) in [4.78, 5) is 11.9. The lowest BCUT2D eigenvalue weighted by Gasteiger charge is -2.41. The van der Waals surface area contributed by atoms with Crippen LogP contribution in [0.2, 0.25) is 0 Å². The van der Waals surface area contributed by atoms with E-state index >= 15 is 0 Å². The molecule has 1 aliphatic carbocycles. The highest BCUT2D eigenvalue weighted by molar-refractivity contribution is 5.85. The van der Waals surface area contributed by atoms with Gasteiger partial charge in [0.1, 0.15) is 11.4 Å². The van der Waals surface area contributed by atoms with Crippen LogP contribution in [0.4, 0.5) is 8.78 Å². The highest BCUT2D eigenvalue weighted by Gasteiger charge is 2.61. The summed E-state index contributed by atoms with van der Waals surface area (Å²) in [5.41, 5.74) is -1.04. The van der Waals surface area contributed by atoms with Crippen LogP contribution in [0.5, 0.6) is 0 Å². The maximum absolute atomic E-state index is 14.1. The SMILES string of the molecule is CCC(NC(=O)C(F)(F)C1(O)CCC1)c1c(C)noc1C. The number of carbonyl (C=O) groups is 1. The standard InChI is InChI=1S/C14H20F2N2O3/c1-4-10(11-8(2)18-21-9(11)3)17-12(19)14(15,16)13(20)6-5-7-13/h10,20H,4-7H2,1-3H3,(H,17,19). The summed E-state index contributed by atoms with van der Waals surface area (Å²) in [6, 6.07) is -0.613. The number of aryl methyl sites for hydroxylation is 2. The van der Waals surface area contributed by atoms with Gasteiger partial charge in [-0.15, -0.1) is 0 Å². The zero-order chi connectivity index (χ0) is 15.8. The quantitative estimate of drug-likeness (QED) is 0.876. The third-order valence-electron chi connectivity index (χ3n) is 4.20. The molecule has 1 heterocycles. The van der Waals surface area contributed by atoms with E-state index in [1.54, 1.807) is 20.8 Å². The van der Waals surface area contributed by atoms with Gasteiger partial charge in [0, 0.05) is 5.56 Å². The molecule has 118 valence electrons. The summed E-state index contributed by atoms with van der Waals surface area (Å²) in [7, 11) is 0. The highest BCUT2D eigenvalue weighted by Crippen LogP contribution is 2.44. The average molecular weight is 302 g/mol. The van der Waals surface area contributed by atoms with Gasteiger partial charge in [-0.2, -0.15) is 8.78 Å². The predicted octanol–water partition coefficient (Wildman–Crippen LogP) is 2.41. The number of rotatable bonds is 5. The van der Waals surface area contributed by atoms with Gasteiger partial charge in [0.25, 0.3) is 5.91 Å². The van der Waals surface area contributed by atoms with Crippen LogP contribution in [-0.2, 0) is 4.79 Å². The summed E-state index contributed by atoms with van der Waals surface area (Å²) < 4.78 is 33.2. The molecular weight excluding hydrogens is 282 g/mol. The summed E-state index contributed by atoms with van der Waals surface area (Å²) in [5, 5.41) is 15.9. The monoisotopic (exact) mass is 302 g/mol. The van der Waals surface area contributed by atoms with E-state index in [1.165, 1.54) is 0 Å². The van der Waals surface area contributed by atoms with Crippen molar-refractivity contribution in [3.05, 3.63) is 17.0 Å². The Morgan fingerprint density at radius 3 is 2.52 bits per heavy atom. The maximum atomic E-state index is 14.1. The van der Waals surface area contributed by atoms with Gasteiger partial charge < -0.3 is 14.9 Å². The Balaban J connectivity index is 2.17. The highest BCUT2D eigenvalue weighted by atomic mass is 19.3. The van der Waals surface area contributed by atoms with Gasteiger partial charge in [-0.1, -0.05) is 12.1 Å². The second kappa shape index (κ2) is 5.36. The average Bonchev–Trinajstić information content (AvgIpc) is 2.72. The fourth-order valence-electron chi connectivity index (χ4n) is 2.65. The van der Waals surface area contributed by atoms with Crippen LogP contribution in [0.1, 0.15) is 55.7 Å². The zero-order valence-corrected chi connectivity index (χ0v) is 12.4. The summed E-state index contributed by atoms with van der Waals surface area (Å²) in [6.07, 6.45) is 0.800. The fourth-order valence-corrected chi connectivity index (χ4v) is 2.65. The molecule has 0 aromatic carbocycles. The molecule has 21 heavy (non-hydrogen) atoms. The fraction of sp³-hybridized carbons (Fsp3) is 0.714. The summed E-state index contributed by atoms with van der Waals surface area (Å²) in [6.45, 7) is 5.13. The number of hydrogen-bond donors (Lipinski definition) is 2. The molecule has 1 amide bonds. The van der Waals surface area contributed by atoms with Crippen molar-refractivity contribution < 1.29 is 23.2 Å². The van der Waals surface area contributed by atoms with Crippen LogP contribution in [-0.4, -0.2) is 27.7 Å². The Bertz CT molecular complexity index is 519. The largest absolute Gasteiger partial charge is 0.383 e. The molecule has 0 radical (unpaired) electrons. The first kappa shape index (κ1) is 15.9. The summed E-state index contributed by atoms with van der Waals surface area (Å²) in [5.74, 6) is -4.75. The molecule has 1 saturated carbocycles. The van der Waals surface area contributed by atoms with Crippen molar-refractivity contribution in [2.24, 2.45) is 0 Å². The van der Waals surface area contributed by atoms with Gasteiger partial charge in [0.15, 0.2) is 0 Å². The number of aromatic nitrogens is 1. The van der Waals surface area contributed by atoms with E-state index in [4.69, 9.17) is 4.52 Å². The molecule has 5 nitrogen and oxygen atoms in total. The van der Waals surface area contributed by atoms with Crippen LogP contribution >= 0.6 is 0 Å². The Morgan fingerprint density at radius 2 is 2.14 bits per heavy atom. The number of halogens is 2. The molecular formula is C14H20F2N2O3. The molecule has 7 heteroatoms. The van der Waals surface area contributed by atoms with E-state index in [0.717, 1.165) is 0 Å².